The van der Waals surface area contributed by atoms with Crippen LogP contribution in [0.1, 0.15) is 12.5 Å². The standard InChI is InChI=1S/C15H20ClN3O/c1-2-18(10-13-5-3-6-14(16)9-13)11-15(20)12-19-8-4-7-17-19/h3-9,15,20H,2,10-12H2,1H3. The number of likely N-dealkylation sites (N-methyl/N-ethyl adjacent to an activating group) is 1. The van der Waals surface area contributed by atoms with Gasteiger partial charge in [0.1, 0.15) is 0 Å². The molecule has 1 heterocycles. The average molecular weight is 294 g/mol. The predicted octanol–water partition coefficient (Wildman–Crippen LogP) is 2.42. The van der Waals surface area contributed by atoms with E-state index in [1.165, 1.54) is 0 Å². The van der Waals surface area contributed by atoms with Crippen molar-refractivity contribution in [2.45, 2.75) is 26.1 Å². The maximum atomic E-state index is 10.1. The van der Waals surface area contributed by atoms with E-state index in [0.29, 0.717) is 13.1 Å². The van der Waals surface area contributed by atoms with Gasteiger partial charge in [-0.2, -0.15) is 5.10 Å². The van der Waals surface area contributed by atoms with E-state index in [9.17, 15) is 5.11 Å². The Morgan fingerprint density at radius 3 is 2.90 bits per heavy atom. The molecule has 0 saturated carbocycles. The van der Waals surface area contributed by atoms with Crippen molar-refractivity contribution in [1.29, 1.82) is 0 Å². The second-order valence-electron chi connectivity index (χ2n) is 4.84. The fourth-order valence-electron chi connectivity index (χ4n) is 2.18. The number of halogens is 1. The van der Waals surface area contributed by atoms with Crippen LogP contribution in [0.5, 0.6) is 0 Å². The maximum absolute atomic E-state index is 10.1. The van der Waals surface area contributed by atoms with E-state index in [1.54, 1.807) is 10.9 Å². The van der Waals surface area contributed by atoms with Crippen LogP contribution in [-0.4, -0.2) is 39.0 Å². The summed E-state index contributed by atoms with van der Waals surface area (Å²) in [6.07, 6.45) is 3.14. The molecule has 1 aromatic heterocycles. The van der Waals surface area contributed by atoms with E-state index >= 15 is 0 Å². The summed E-state index contributed by atoms with van der Waals surface area (Å²) in [4.78, 5) is 2.19. The van der Waals surface area contributed by atoms with Gasteiger partial charge in [0.25, 0.3) is 0 Å². The van der Waals surface area contributed by atoms with Crippen LogP contribution in [0.15, 0.2) is 42.7 Å². The lowest BCUT2D eigenvalue weighted by Crippen LogP contribution is -2.34. The third kappa shape index (κ3) is 4.63. The highest BCUT2D eigenvalue weighted by molar-refractivity contribution is 6.30. The molecule has 0 aliphatic heterocycles. The molecule has 0 fully saturated rings. The predicted molar refractivity (Wildman–Crippen MR) is 80.6 cm³/mol. The lowest BCUT2D eigenvalue weighted by molar-refractivity contribution is 0.0941. The summed E-state index contributed by atoms with van der Waals surface area (Å²) >= 11 is 5.99. The van der Waals surface area contributed by atoms with Gasteiger partial charge in [-0.05, 0) is 30.3 Å². The molecule has 2 rings (SSSR count). The Balaban J connectivity index is 1.88. The Morgan fingerprint density at radius 2 is 2.25 bits per heavy atom. The summed E-state index contributed by atoms with van der Waals surface area (Å²) in [7, 11) is 0. The van der Waals surface area contributed by atoms with Gasteiger partial charge in [0.2, 0.25) is 0 Å². The average Bonchev–Trinajstić information content (AvgIpc) is 2.90. The highest BCUT2D eigenvalue weighted by Crippen LogP contribution is 2.13. The second kappa shape index (κ2) is 7.43. The minimum Gasteiger partial charge on any atom is -0.390 e. The number of aromatic nitrogens is 2. The first-order valence-electron chi connectivity index (χ1n) is 6.79. The van der Waals surface area contributed by atoms with Crippen LogP contribution in [0, 0.1) is 0 Å². The fourth-order valence-corrected chi connectivity index (χ4v) is 2.39. The number of hydrogen-bond acceptors (Lipinski definition) is 3. The van der Waals surface area contributed by atoms with Crippen molar-refractivity contribution >= 4 is 11.6 Å². The van der Waals surface area contributed by atoms with E-state index in [2.05, 4.69) is 23.0 Å². The van der Waals surface area contributed by atoms with E-state index in [4.69, 9.17) is 11.6 Å². The molecule has 0 radical (unpaired) electrons. The van der Waals surface area contributed by atoms with Gasteiger partial charge < -0.3 is 5.11 Å². The molecule has 4 nitrogen and oxygen atoms in total. The minimum absolute atomic E-state index is 0.436. The van der Waals surface area contributed by atoms with Crippen LogP contribution in [0.3, 0.4) is 0 Å². The lowest BCUT2D eigenvalue weighted by Gasteiger charge is -2.23. The van der Waals surface area contributed by atoms with Crippen molar-refractivity contribution in [2.24, 2.45) is 0 Å². The SMILES string of the molecule is CCN(Cc1cccc(Cl)c1)CC(O)Cn1cccn1. The zero-order chi connectivity index (χ0) is 14.4. The van der Waals surface area contributed by atoms with Crippen LogP contribution in [0.2, 0.25) is 5.02 Å². The van der Waals surface area contributed by atoms with E-state index in [-0.39, 0.29) is 0 Å². The Hall–Kier alpha value is -1.36. The monoisotopic (exact) mass is 293 g/mol. The number of benzene rings is 1. The number of rotatable bonds is 7. The minimum atomic E-state index is -0.436. The van der Waals surface area contributed by atoms with Crippen molar-refractivity contribution in [3.8, 4) is 0 Å². The molecule has 0 bridgehead atoms. The van der Waals surface area contributed by atoms with Gasteiger partial charge in [-0.15, -0.1) is 0 Å². The zero-order valence-electron chi connectivity index (χ0n) is 11.6. The normalized spacial score (nSPS) is 12.8. The number of nitrogens with zero attached hydrogens (tertiary/aromatic N) is 3. The molecule has 0 spiro atoms. The van der Waals surface area contributed by atoms with E-state index < -0.39 is 6.10 Å². The molecule has 0 saturated heterocycles. The molecule has 5 heteroatoms. The van der Waals surface area contributed by atoms with Crippen molar-refractivity contribution in [3.63, 3.8) is 0 Å². The molecule has 1 aromatic carbocycles. The first-order chi connectivity index (χ1) is 9.67. The van der Waals surface area contributed by atoms with E-state index in [1.807, 2.05) is 30.5 Å². The Labute approximate surface area is 124 Å². The molecule has 1 atom stereocenters. The smallest absolute Gasteiger partial charge is 0.0862 e. The summed E-state index contributed by atoms with van der Waals surface area (Å²) in [6, 6.07) is 9.69. The molecule has 2 aromatic rings. The number of aliphatic hydroxyl groups excluding tert-OH is 1. The van der Waals surface area contributed by atoms with Crippen LogP contribution in [0.4, 0.5) is 0 Å². The van der Waals surface area contributed by atoms with Crippen molar-refractivity contribution < 1.29 is 5.11 Å². The molecule has 1 N–H and O–H groups in total. The molecule has 1 unspecified atom stereocenters. The summed E-state index contributed by atoms with van der Waals surface area (Å²) in [5, 5.41) is 15.0. The Morgan fingerprint density at radius 1 is 1.40 bits per heavy atom. The molecule has 0 aliphatic rings. The van der Waals surface area contributed by atoms with Crippen LogP contribution < -0.4 is 0 Å². The van der Waals surface area contributed by atoms with Crippen LogP contribution in [-0.2, 0) is 13.1 Å². The summed E-state index contributed by atoms with van der Waals surface area (Å²) in [5.74, 6) is 0. The highest BCUT2D eigenvalue weighted by Gasteiger charge is 2.11. The Bertz CT molecular complexity index is 516. The number of aliphatic hydroxyl groups is 1. The molecular weight excluding hydrogens is 274 g/mol. The fraction of sp³-hybridized carbons (Fsp3) is 0.400. The summed E-state index contributed by atoms with van der Waals surface area (Å²) in [6.45, 7) is 4.88. The van der Waals surface area contributed by atoms with Crippen LogP contribution in [0.25, 0.3) is 0 Å². The third-order valence-electron chi connectivity index (χ3n) is 3.17. The molecule has 108 valence electrons. The van der Waals surface area contributed by atoms with Gasteiger partial charge in [-0.1, -0.05) is 30.7 Å². The molecule has 0 aliphatic carbocycles. The quantitative estimate of drug-likeness (QED) is 0.852. The van der Waals surface area contributed by atoms with Crippen molar-refractivity contribution in [3.05, 3.63) is 53.3 Å². The summed E-state index contributed by atoms with van der Waals surface area (Å²) in [5.41, 5.74) is 1.16. The third-order valence-corrected chi connectivity index (χ3v) is 3.40. The first kappa shape index (κ1) is 15.0. The van der Waals surface area contributed by atoms with Gasteiger partial charge in [0.15, 0.2) is 0 Å². The second-order valence-corrected chi connectivity index (χ2v) is 5.28. The number of hydrogen-bond donors (Lipinski definition) is 1. The van der Waals surface area contributed by atoms with Gasteiger partial charge in [0, 0.05) is 30.5 Å². The molecular formula is C15H20ClN3O. The van der Waals surface area contributed by atoms with Crippen molar-refractivity contribution in [1.82, 2.24) is 14.7 Å². The van der Waals surface area contributed by atoms with Gasteiger partial charge in [-0.3, -0.25) is 9.58 Å². The van der Waals surface area contributed by atoms with Gasteiger partial charge in [0.05, 0.1) is 12.6 Å². The van der Waals surface area contributed by atoms with Gasteiger partial charge >= 0.3 is 0 Å². The summed E-state index contributed by atoms with van der Waals surface area (Å²) < 4.78 is 1.75. The zero-order valence-corrected chi connectivity index (χ0v) is 12.4. The van der Waals surface area contributed by atoms with E-state index in [0.717, 1.165) is 23.7 Å². The highest BCUT2D eigenvalue weighted by atomic mass is 35.5. The Kier molecular flexibility index (Phi) is 5.59. The van der Waals surface area contributed by atoms with Crippen molar-refractivity contribution in [2.75, 3.05) is 13.1 Å². The molecule has 20 heavy (non-hydrogen) atoms. The first-order valence-corrected chi connectivity index (χ1v) is 7.17. The maximum Gasteiger partial charge on any atom is 0.0862 e. The van der Waals surface area contributed by atoms with Crippen LogP contribution >= 0.6 is 11.6 Å². The molecule has 0 amide bonds. The lowest BCUT2D eigenvalue weighted by atomic mass is 10.2. The topological polar surface area (TPSA) is 41.3 Å². The largest absolute Gasteiger partial charge is 0.390 e. The van der Waals surface area contributed by atoms with Gasteiger partial charge in [-0.25, -0.2) is 0 Å².